The molecular formula is C56H40Si. The van der Waals surface area contributed by atoms with Gasteiger partial charge in [-0.25, -0.2) is 0 Å². The van der Waals surface area contributed by atoms with Gasteiger partial charge in [0.1, 0.15) is 8.07 Å². The average molecular weight is 741 g/mol. The van der Waals surface area contributed by atoms with Gasteiger partial charge in [0, 0.05) is 0 Å². The SMILES string of the molecule is C[Si]1(C)c2ccccc2-c2cc3c(-c4ccc(-c5ccccc5)cc4)c4ccc(-c5ccc6ccccc6c5)cc4c(-c4ccc(-c5ccccc5)cc4)c3cc21. The summed E-state index contributed by atoms with van der Waals surface area (Å²) in [5.41, 5.74) is 15.2. The summed E-state index contributed by atoms with van der Waals surface area (Å²) in [4.78, 5) is 0. The average Bonchev–Trinajstić information content (AvgIpc) is 3.50. The van der Waals surface area contributed by atoms with E-state index in [1.807, 2.05) is 0 Å². The van der Waals surface area contributed by atoms with Crippen molar-refractivity contribution >= 4 is 50.8 Å². The lowest BCUT2D eigenvalue weighted by molar-refractivity contribution is 1.60. The molecule has 0 aliphatic carbocycles. The molecule has 1 heteroatoms. The van der Waals surface area contributed by atoms with Gasteiger partial charge in [-0.2, -0.15) is 0 Å². The molecule has 1 aliphatic heterocycles. The molecule has 0 spiro atoms. The molecule has 10 aromatic carbocycles. The van der Waals surface area contributed by atoms with Crippen molar-refractivity contribution in [3.8, 4) is 66.8 Å². The van der Waals surface area contributed by atoms with Crippen LogP contribution in [0.5, 0.6) is 0 Å². The minimum absolute atomic E-state index is 1.23. The number of benzene rings is 10. The summed E-state index contributed by atoms with van der Waals surface area (Å²) in [6.45, 7) is 5.06. The van der Waals surface area contributed by atoms with Crippen LogP contribution < -0.4 is 10.4 Å². The lowest BCUT2D eigenvalue weighted by Crippen LogP contribution is -2.49. The Morgan fingerprint density at radius 3 is 1.39 bits per heavy atom. The lowest BCUT2D eigenvalue weighted by atomic mass is 9.83. The number of hydrogen-bond acceptors (Lipinski definition) is 0. The molecule has 0 amide bonds. The van der Waals surface area contributed by atoms with Crippen molar-refractivity contribution in [2.24, 2.45) is 0 Å². The first-order valence-corrected chi connectivity index (χ1v) is 23.0. The molecule has 0 fully saturated rings. The van der Waals surface area contributed by atoms with Crippen LogP contribution in [0.1, 0.15) is 0 Å². The lowest BCUT2D eigenvalue weighted by Gasteiger charge is -2.23. The molecule has 57 heavy (non-hydrogen) atoms. The summed E-state index contributed by atoms with van der Waals surface area (Å²) in [6.07, 6.45) is 0. The molecule has 0 radical (unpaired) electrons. The summed E-state index contributed by atoms with van der Waals surface area (Å²) >= 11 is 0. The molecule has 0 saturated carbocycles. The van der Waals surface area contributed by atoms with Crippen LogP contribution in [0, 0.1) is 0 Å². The third kappa shape index (κ3) is 5.50. The smallest absolute Gasteiger partial charge is 0.0623 e. The largest absolute Gasteiger partial charge is 0.113 e. The van der Waals surface area contributed by atoms with Crippen LogP contribution in [-0.2, 0) is 0 Å². The summed E-state index contributed by atoms with van der Waals surface area (Å²) in [6, 6.07) is 77.0. The fraction of sp³-hybridized carbons (Fsp3) is 0.0357. The van der Waals surface area contributed by atoms with Gasteiger partial charge in [0.05, 0.1) is 0 Å². The first kappa shape index (κ1) is 33.5. The highest BCUT2D eigenvalue weighted by Gasteiger charge is 2.38. The van der Waals surface area contributed by atoms with Gasteiger partial charge in [0.2, 0.25) is 0 Å². The normalized spacial score (nSPS) is 12.9. The monoisotopic (exact) mass is 740 g/mol. The van der Waals surface area contributed by atoms with Gasteiger partial charge in [0.25, 0.3) is 0 Å². The Labute approximate surface area is 335 Å². The third-order valence-electron chi connectivity index (χ3n) is 12.5. The van der Waals surface area contributed by atoms with Crippen LogP contribution in [-0.4, -0.2) is 8.07 Å². The molecule has 1 heterocycles. The maximum Gasteiger partial charge on any atom is 0.113 e. The summed E-state index contributed by atoms with van der Waals surface area (Å²) in [5, 5.41) is 10.7. The van der Waals surface area contributed by atoms with Gasteiger partial charge >= 0.3 is 0 Å². The highest BCUT2D eigenvalue weighted by atomic mass is 28.3. The van der Waals surface area contributed by atoms with E-state index in [4.69, 9.17) is 0 Å². The van der Waals surface area contributed by atoms with Crippen molar-refractivity contribution in [3.05, 3.63) is 206 Å². The standard InChI is InChI=1S/C56H40Si/c1-57(2)53-20-12-11-19-47(53)49-35-51-52(36-54(49)57)56(43-28-23-41(24-29-43)38-15-7-4-8-16-38)50-34-46(45-30-25-39-17-9-10-18-44(39)33-45)31-32-48(50)55(51)42-26-21-40(22-27-42)37-13-5-3-6-14-37/h3-36H,1-2H3. The van der Waals surface area contributed by atoms with Crippen LogP contribution in [0.2, 0.25) is 13.1 Å². The quantitative estimate of drug-likeness (QED) is 0.122. The molecular weight excluding hydrogens is 701 g/mol. The maximum absolute atomic E-state index is 2.60. The van der Waals surface area contributed by atoms with Gasteiger partial charge < -0.3 is 0 Å². The second-order valence-electron chi connectivity index (χ2n) is 16.1. The van der Waals surface area contributed by atoms with E-state index in [9.17, 15) is 0 Å². The van der Waals surface area contributed by atoms with Crippen LogP contribution >= 0.6 is 0 Å². The molecule has 268 valence electrons. The van der Waals surface area contributed by atoms with Crippen molar-refractivity contribution in [3.63, 3.8) is 0 Å². The highest BCUT2D eigenvalue weighted by Crippen LogP contribution is 2.47. The number of fused-ring (bicyclic) bond motifs is 6. The van der Waals surface area contributed by atoms with E-state index in [2.05, 4.69) is 219 Å². The summed E-state index contributed by atoms with van der Waals surface area (Å²) < 4.78 is 0. The number of rotatable bonds is 5. The molecule has 1 aliphatic rings. The molecule has 0 atom stereocenters. The zero-order valence-electron chi connectivity index (χ0n) is 32.1. The van der Waals surface area contributed by atoms with Gasteiger partial charge in [-0.1, -0.05) is 201 Å². The van der Waals surface area contributed by atoms with Crippen molar-refractivity contribution in [1.82, 2.24) is 0 Å². The van der Waals surface area contributed by atoms with Crippen molar-refractivity contribution in [2.45, 2.75) is 13.1 Å². The highest BCUT2D eigenvalue weighted by molar-refractivity contribution is 7.04. The van der Waals surface area contributed by atoms with E-state index < -0.39 is 8.07 Å². The second kappa shape index (κ2) is 13.2. The molecule has 0 bridgehead atoms. The molecule has 0 unspecified atom stereocenters. The Balaban J connectivity index is 1.23. The predicted octanol–water partition coefficient (Wildman–Crippen LogP) is 14.3. The van der Waals surface area contributed by atoms with Gasteiger partial charge in [-0.15, -0.1) is 0 Å². The second-order valence-corrected chi connectivity index (χ2v) is 20.4. The molecule has 0 aromatic heterocycles. The molecule has 11 rings (SSSR count). The Hall–Kier alpha value is -6.80. The summed E-state index contributed by atoms with van der Waals surface area (Å²) in [7, 11) is -1.97. The summed E-state index contributed by atoms with van der Waals surface area (Å²) in [5.74, 6) is 0. The van der Waals surface area contributed by atoms with Crippen molar-refractivity contribution in [1.29, 1.82) is 0 Å². The first-order valence-electron chi connectivity index (χ1n) is 20.0. The van der Waals surface area contributed by atoms with Crippen molar-refractivity contribution in [2.75, 3.05) is 0 Å². The Morgan fingerprint density at radius 2 is 0.719 bits per heavy atom. The van der Waals surface area contributed by atoms with Crippen molar-refractivity contribution < 1.29 is 0 Å². The fourth-order valence-corrected chi connectivity index (χ4v) is 12.6. The zero-order valence-corrected chi connectivity index (χ0v) is 33.1. The minimum Gasteiger partial charge on any atom is -0.0623 e. The van der Waals surface area contributed by atoms with Gasteiger partial charge in [-0.3, -0.25) is 0 Å². The van der Waals surface area contributed by atoms with E-state index in [1.165, 1.54) is 109 Å². The topological polar surface area (TPSA) is 0 Å². The Kier molecular flexibility index (Phi) is 7.74. The Bertz CT molecular complexity index is 3160. The van der Waals surface area contributed by atoms with Crippen LogP contribution in [0.15, 0.2) is 206 Å². The van der Waals surface area contributed by atoms with Gasteiger partial charge in [0.15, 0.2) is 0 Å². The zero-order chi connectivity index (χ0) is 38.1. The molecule has 0 N–H and O–H groups in total. The third-order valence-corrected chi connectivity index (χ3v) is 16.0. The maximum atomic E-state index is 2.60. The molecule has 10 aromatic rings. The van der Waals surface area contributed by atoms with Crippen LogP contribution in [0.25, 0.3) is 99.1 Å². The minimum atomic E-state index is -1.97. The van der Waals surface area contributed by atoms with E-state index in [-0.39, 0.29) is 0 Å². The fourth-order valence-electron chi connectivity index (χ4n) is 9.51. The van der Waals surface area contributed by atoms with Crippen LogP contribution in [0.4, 0.5) is 0 Å². The van der Waals surface area contributed by atoms with Crippen LogP contribution in [0.3, 0.4) is 0 Å². The first-order chi connectivity index (χ1) is 28.0. The predicted molar refractivity (Wildman–Crippen MR) is 248 cm³/mol. The van der Waals surface area contributed by atoms with E-state index in [0.717, 1.165) is 0 Å². The molecule has 0 nitrogen and oxygen atoms in total. The Morgan fingerprint density at radius 1 is 0.263 bits per heavy atom. The van der Waals surface area contributed by atoms with E-state index in [0.29, 0.717) is 0 Å². The van der Waals surface area contributed by atoms with E-state index >= 15 is 0 Å². The molecule has 0 saturated heterocycles. The number of hydrogen-bond donors (Lipinski definition) is 0. The van der Waals surface area contributed by atoms with E-state index in [1.54, 1.807) is 0 Å². The van der Waals surface area contributed by atoms with Gasteiger partial charge in [-0.05, 0) is 128 Å².